The van der Waals surface area contributed by atoms with Crippen molar-refractivity contribution >= 4 is 32.7 Å². The Morgan fingerprint density at radius 2 is 2.28 bits per heavy atom. The van der Waals surface area contributed by atoms with Gasteiger partial charge in [-0.2, -0.15) is 0 Å². The summed E-state index contributed by atoms with van der Waals surface area (Å²) in [6.45, 7) is 1.76. The molecule has 2 aromatic rings. The number of aromatic nitrogens is 2. The maximum absolute atomic E-state index is 10.0. The molecule has 3 N–H and O–H groups in total. The summed E-state index contributed by atoms with van der Waals surface area (Å²) in [5, 5.41) is 16.3. The van der Waals surface area contributed by atoms with Gasteiger partial charge in [-0.25, -0.2) is 0 Å². The molecule has 3 heterocycles. The Balaban J connectivity index is 1.87. The minimum Gasteiger partial charge on any atom is -0.385 e. The van der Waals surface area contributed by atoms with Crippen LogP contribution in [0.3, 0.4) is 0 Å². The molecule has 1 saturated heterocycles. The van der Waals surface area contributed by atoms with Crippen LogP contribution in [0.1, 0.15) is 0 Å². The predicted octanol–water partition coefficient (Wildman–Crippen LogP) is 1.14. The van der Waals surface area contributed by atoms with Gasteiger partial charge in [0.15, 0.2) is 0 Å². The van der Waals surface area contributed by atoms with E-state index in [0.717, 1.165) is 21.2 Å². The second-order valence-electron chi connectivity index (χ2n) is 4.56. The van der Waals surface area contributed by atoms with Crippen molar-refractivity contribution in [2.24, 2.45) is 0 Å². The summed E-state index contributed by atoms with van der Waals surface area (Å²) in [7, 11) is 0. The van der Waals surface area contributed by atoms with E-state index < -0.39 is 5.60 Å². The first kappa shape index (κ1) is 11.8. The molecule has 1 fully saturated rings. The van der Waals surface area contributed by atoms with Crippen LogP contribution in [0, 0.1) is 0 Å². The Hall–Kier alpha value is -1.24. The maximum Gasteiger partial charge on any atom is 0.112 e. The highest BCUT2D eigenvalue weighted by molar-refractivity contribution is 9.10. The molecule has 0 saturated carbocycles. The molecule has 1 aliphatic rings. The number of fused-ring (bicyclic) bond motifs is 1. The minimum atomic E-state index is -0.648. The first-order chi connectivity index (χ1) is 8.66. The van der Waals surface area contributed by atoms with Crippen LogP contribution in [0.4, 0.5) is 5.69 Å². The van der Waals surface area contributed by atoms with Gasteiger partial charge in [0.25, 0.3) is 0 Å². The highest BCUT2D eigenvalue weighted by Gasteiger charge is 2.33. The number of hydrogen-bond acceptors (Lipinski definition) is 5. The fourth-order valence-electron chi connectivity index (χ4n) is 1.95. The van der Waals surface area contributed by atoms with E-state index in [2.05, 4.69) is 36.5 Å². The van der Waals surface area contributed by atoms with E-state index in [1.807, 2.05) is 12.1 Å². The summed E-state index contributed by atoms with van der Waals surface area (Å²) in [6.07, 6.45) is 3.48. The molecule has 0 unspecified atom stereocenters. The fraction of sp³-hybridized carbons (Fsp3) is 0.333. The zero-order chi connectivity index (χ0) is 12.6. The highest BCUT2D eigenvalue weighted by atomic mass is 79.9. The quantitative estimate of drug-likeness (QED) is 0.793. The Labute approximate surface area is 113 Å². The zero-order valence-electron chi connectivity index (χ0n) is 9.65. The number of hydrogen-bond donors (Lipinski definition) is 3. The van der Waals surface area contributed by atoms with Crippen molar-refractivity contribution in [3.63, 3.8) is 0 Å². The smallest absolute Gasteiger partial charge is 0.112 e. The Bertz CT molecular complexity index is 585. The number of β-amino-alcohol motifs (C(OH)–C–C–N with tert-alkyl or cyclic N) is 1. The molecular weight excluding hydrogens is 296 g/mol. The molecule has 94 valence electrons. The Kier molecular flexibility index (Phi) is 2.93. The Morgan fingerprint density at radius 1 is 1.44 bits per heavy atom. The average Bonchev–Trinajstić information content (AvgIpc) is 2.33. The van der Waals surface area contributed by atoms with Gasteiger partial charge in [0, 0.05) is 36.5 Å². The minimum absolute atomic E-state index is 0.511. The fourth-order valence-corrected chi connectivity index (χ4v) is 2.27. The van der Waals surface area contributed by atoms with E-state index in [1.165, 1.54) is 0 Å². The summed E-state index contributed by atoms with van der Waals surface area (Å²) in [5.41, 5.74) is 1.89. The molecule has 0 atom stereocenters. The third-order valence-corrected chi connectivity index (χ3v) is 3.49. The average molecular weight is 309 g/mol. The summed E-state index contributed by atoms with van der Waals surface area (Å²) >= 11 is 3.38. The molecule has 6 heteroatoms. The summed E-state index contributed by atoms with van der Waals surface area (Å²) in [5.74, 6) is 0. The molecule has 0 amide bonds. The third kappa shape index (κ3) is 2.19. The molecule has 2 aromatic heterocycles. The predicted molar refractivity (Wildman–Crippen MR) is 73.5 cm³/mol. The number of halogens is 1. The van der Waals surface area contributed by atoms with Gasteiger partial charge in [0.05, 0.1) is 11.2 Å². The molecular formula is C12H13BrN4O. The van der Waals surface area contributed by atoms with Crippen LogP contribution in [-0.4, -0.2) is 40.3 Å². The van der Waals surface area contributed by atoms with E-state index in [9.17, 15) is 5.11 Å². The van der Waals surface area contributed by atoms with Gasteiger partial charge in [-0.1, -0.05) is 0 Å². The van der Waals surface area contributed by atoms with Crippen LogP contribution in [-0.2, 0) is 0 Å². The lowest BCUT2D eigenvalue weighted by molar-refractivity contribution is 0.00315. The molecule has 3 rings (SSSR count). The summed E-state index contributed by atoms with van der Waals surface area (Å²) in [6, 6.07) is 3.80. The van der Waals surface area contributed by atoms with Crippen LogP contribution in [0.2, 0.25) is 0 Å². The number of anilines is 1. The maximum atomic E-state index is 10.0. The topological polar surface area (TPSA) is 70.1 Å². The van der Waals surface area contributed by atoms with Crippen molar-refractivity contribution in [2.75, 3.05) is 25.0 Å². The third-order valence-electron chi connectivity index (χ3n) is 3.06. The van der Waals surface area contributed by atoms with E-state index >= 15 is 0 Å². The molecule has 5 nitrogen and oxygen atoms in total. The van der Waals surface area contributed by atoms with Gasteiger partial charge in [0.1, 0.15) is 11.1 Å². The van der Waals surface area contributed by atoms with Crippen LogP contribution in [0.25, 0.3) is 11.0 Å². The second-order valence-corrected chi connectivity index (χ2v) is 5.48. The van der Waals surface area contributed by atoms with E-state index in [1.54, 1.807) is 12.4 Å². The van der Waals surface area contributed by atoms with Crippen molar-refractivity contribution in [3.05, 3.63) is 29.0 Å². The van der Waals surface area contributed by atoms with Crippen LogP contribution in [0.5, 0.6) is 0 Å². The van der Waals surface area contributed by atoms with Gasteiger partial charge in [-0.15, -0.1) is 0 Å². The monoisotopic (exact) mass is 308 g/mol. The van der Waals surface area contributed by atoms with Gasteiger partial charge < -0.3 is 15.7 Å². The molecule has 0 radical (unpaired) electrons. The first-order valence-electron chi connectivity index (χ1n) is 5.74. The molecule has 0 bridgehead atoms. The SMILES string of the molecule is OC1(CNc2ccnc3cc(Br)cnc23)CNC1. The summed E-state index contributed by atoms with van der Waals surface area (Å²) < 4.78 is 0.904. The van der Waals surface area contributed by atoms with Crippen molar-refractivity contribution < 1.29 is 5.11 Å². The molecule has 1 aliphatic heterocycles. The van der Waals surface area contributed by atoms with E-state index in [-0.39, 0.29) is 0 Å². The van der Waals surface area contributed by atoms with Gasteiger partial charge in [-0.3, -0.25) is 9.97 Å². The number of rotatable bonds is 3. The molecule has 18 heavy (non-hydrogen) atoms. The molecule has 0 spiro atoms. The van der Waals surface area contributed by atoms with Gasteiger partial charge >= 0.3 is 0 Å². The van der Waals surface area contributed by atoms with Crippen LogP contribution >= 0.6 is 15.9 Å². The van der Waals surface area contributed by atoms with E-state index in [4.69, 9.17) is 0 Å². The van der Waals surface area contributed by atoms with Crippen molar-refractivity contribution in [1.29, 1.82) is 0 Å². The van der Waals surface area contributed by atoms with Crippen molar-refractivity contribution in [1.82, 2.24) is 15.3 Å². The highest BCUT2D eigenvalue weighted by Crippen LogP contribution is 2.23. The van der Waals surface area contributed by atoms with Gasteiger partial charge in [0.2, 0.25) is 0 Å². The molecule has 0 aromatic carbocycles. The number of nitrogens with zero attached hydrogens (tertiary/aromatic N) is 2. The number of nitrogens with one attached hydrogen (secondary N) is 2. The van der Waals surface area contributed by atoms with Crippen LogP contribution in [0.15, 0.2) is 29.0 Å². The molecule has 0 aliphatic carbocycles. The summed E-state index contributed by atoms with van der Waals surface area (Å²) in [4.78, 5) is 8.63. The normalized spacial score (nSPS) is 17.4. The Morgan fingerprint density at radius 3 is 3.00 bits per heavy atom. The van der Waals surface area contributed by atoms with E-state index in [0.29, 0.717) is 19.6 Å². The van der Waals surface area contributed by atoms with Crippen molar-refractivity contribution in [3.8, 4) is 0 Å². The van der Waals surface area contributed by atoms with Crippen molar-refractivity contribution in [2.45, 2.75) is 5.60 Å². The second kappa shape index (κ2) is 4.46. The lowest BCUT2D eigenvalue weighted by atomic mass is 9.97. The number of aliphatic hydroxyl groups is 1. The lowest BCUT2D eigenvalue weighted by Gasteiger charge is -2.37. The number of pyridine rings is 2. The largest absolute Gasteiger partial charge is 0.385 e. The standard InChI is InChI=1S/C12H13BrN4O/c13-8-3-10-11(16-4-8)9(1-2-15-10)17-7-12(18)5-14-6-12/h1-4,14,18H,5-7H2,(H,15,17). The first-order valence-corrected chi connectivity index (χ1v) is 6.53. The zero-order valence-corrected chi connectivity index (χ0v) is 11.2. The lowest BCUT2D eigenvalue weighted by Crippen LogP contribution is -2.63. The van der Waals surface area contributed by atoms with Gasteiger partial charge in [-0.05, 0) is 28.1 Å². The van der Waals surface area contributed by atoms with Crippen LogP contribution < -0.4 is 10.6 Å².